The molecule has 0 saturated carbocycles. The number of hydrogen-bond donors (Lipinski definition) is 1. The summed E-state index contributed by atoms with van der Waals surface area (Å²) in [5, 5.41) is 2.75. The lowest BCUT2D eigenvalue weighted by Crippen LogP contribution is -2.18. The number of rotatable bonds is 2. The summed E-state index contributed by atoms with van der Waals surface area (Å²) >= 11 is 0. The van der Waals surface area contributed by atoms with Crippen molar-refractivity contribution >= 4 is 5.91 Å². The fourth-order valence-electron chi connectivity index (χ4n) is 1.05. The number of aryl methyl sites for hydroxylation is 1. The number of nitrogens with one attached hydrogen (secondary N) is 1. The molecule has 1 amide bonds. The third-order valence-electron chi connectivity index (χ3n) is 1.62. The van der Waals surface area contributed by atoms with E-state index >= 15 is 0 Å². The van der Waals surface area contributed by atoms with Gasteiger partial charge in [0.05, 0.1) is 0 Å². The second-order valence-corrected chi connectivity index (χ2v) is 2.90. The SMILES string of the molecule is CC(=O)NCc1cccc(C)c1. The molecule has 0 heterocycles. The fourth-order valence-corrected chi connectivity index (χ4v) is 1.05. The summed E-state index contributed by atoms with van der Waals surface area (Å²) in [5.74, 6) is 0.0107. The first-order chi connectivity index (χ1) is 5.68. The molecular weight excluding hydrogens is 150 g/mol. The Balaban J connectivity index is 2.57. The Morgan fingerprint density at radius 2 is 2.25 bits per heavy atom. The van der Waals surface area contributed by atoms with Crippen molar-refractivity contribution in [1.82, 2.24) is 5.32 Å². The van der Waals surface area contributed by atoms with E-state index in [4.69, 9.17) is 0 Å². The lowest BCUT2D eigenvalue weighted by Gasteiger charge is -2.02. The van der Waals surface area contributed by atoms with Gasteiger partial charge >= 0.3 is 0 Å². The fraction of sp³-hybridized carbons (Fsp3) is 0.300. The van der Waals surface area contributed by atoms with E-state index in [1.807, 2.05) is 25.1 Å². The van der Waals surface area contributed by atoms with Gasteiger partial charge in [-0.1, -0.05) is 29.8 Å². The highest BCUT2D eigenvalue weighted by Crippen LogP contribution is 2.02. The van der Waals surface area contributed by atoms with Crippen LogP contribution in [-0.2, 0) is 11.3 Å². The third-order valence-corrected chi connectivity index (χ3v) is 1.62. The Hall–Kier alpha value is -1.31. The molecule has 0 saturated heterocycles. The van der Waals surface area contributed by atoms with Gasteiger partial charge in [0.1, 0.15) is 0 Å². The van der Waals surface area contributed by atoms with Crippen molar-refractivity contribution in [3.63, 3.8) is 0 Å². The van der Waals surface area contributed by atoms with Gasteiger partial charge in [-0.3, -0.25) is 4.79 Å². The van der Waals surface area contributed by atoms with Crippen LogP contribution in [-0.4, -0.2) is 5.91 Å². The number of carbonyl (C=O) groups excluding carboxylic acids is 1. The molecule has 2 heteroatoms. The lowest BCUT2D eigenvalue weighted by molar-refractivity contribution is -0.119. The molecule has 1 aromatic carbocycles. The maximum Gasteiger partial charge on any atom is 0.217 e. The molecule has 0 bridgehead atoms. The van der Waals surface area contributed by atoms with Crippen LogP contribution in [0.2, 0.25) is 0 Å². The van der Waals surface area contributed by atoms with Gasteiger partial charge in [0.2, 0.25) is 5.91 Å². The molecule has 0 unspecified atom stereocenters. The van der Waals surface area contributed by atoms with Gasteiger partial charge in [-0.05, 0) is 12.5 Å². The smallest absolute Gasteiger partial charge is 0.217 e. The van der Waals surface area contributed by atoms with Crippen molar-refractivity contribution < 1.29 is 4.79 Å². The summed E-state index contributed by atoms with van der Waals surface area (Å²) in [6.45, 7) is 4.18. The maximum atomic E-state index is 10.6. The van der Waals surface area contributed by atoms with Crippen molar-refractivity contribution in [2.75, 3.05) is 0 Å². The topological polar surface area (TPSA) is 29.1 Å². The summed E-state index contributed by atoms with van der Waals surface area (Å²) in [4.78, 5) is 10.6. The Labute approximate surface area is 72.6 Å². The molecule has 1 rings (SSSR count). The molecule has 12 heavy (non-hydrogen) atoms. The summed E-state index contributed by atoms with van der Waals surface area (Å²) < 4.78 is 0. The Bertz CT molecular complexity index is 281. The molecule has 2 nitrogen and oxygen atoms in total. The molecule has 0 aliphatic carbocycles. The summed E-state index contributed by atoms with van der Waals surface area (Å²) in [7, 11) is 0. The van der Waals surface area contributed by atoms with Crippen LogP contribution in [0.25, 0.3) is 0 Å². The average molecular weight is 163 g/mol. The lowest BCUT2D eigenvalue weighted by atomic mass is 10.1. The van der Waals surface area contributed by atoms with Crippen molar-refractivity contribution in [3.8, 4) is 0 Å². The highest BCUT2D eigenvalue weighted by molar-refractivity contribution is 5.72. The molecule has 0 aromatic heterocycles. The van der Waals surface area contributed by atoms with Crippen LogP contribution in [0.15, 0.2) is 24.3 Å². The Morgan fingerprint density at radius 3 is 2.83 bits per heavy atom. The van der Waals surface area contributed by atoms with Crippen LogP contribution in [0.5, 0.6) is 0 Å². The Kier molecular flexibility index (Phi) is 2.86. The third kappa shape index (κ3) is 2.74. The predicted molar refractivity (Wildman–Crippen MR) is 48.7 cm³/mol. The molecule has 0 atom stereocenters. The summed E-state index contributed by atoms with van der Waals surface area (Å²) in [6, 6.07) is 8.10. The standard InChI is InChI=1S/C10H13NO/c1-8-4-3-5-10(6-8)7-11-9(2)12/h3-6H,7H2,1-2H3,(H,11,12). The van der Waals surface area contributed by atoms with Gasteiger partial charge < -0.3 is 5.32 Å². The second kappa shape index (κ2) is 3.90. The van der Waals surface area contributed by atoms with Gasteiger partial charge in [-0.25, -0.2) is 0 Å². The summed E-state index contributed by atoms with van der Waals surface area (Å²) in [6.07, 6.45) is 0. The quantitative estimate of drug-likeness (QED) is 0.705. The van der Waals surface area contributed by atoms with E-state index in [0.717, 1.165) is 5.56 Å². The van der Waals surface area contributed by atoms with Gasteiger partial charge in [0.15, 0.2) is 0 Å². The molecule has 0 radical (unpaired) electrons. The van der Waals surface area contributed by atoms with Gasteiger partial charge in [-0.2, -0.15) is 0 Å². The van der Waals surface area contributed by atoms with Crippen molar-refractivity contribution in [3.05, 3.63) is 35.4 Å². The van der Waals surface area contributed by atoms with Crippen LogP contribution < -0.4 is 5.32 Å². The van der Waals surface area contributed by atoms with Gasteiger partial charge in [0, 0.05) is 13.5 Å². The zero-order valence-corrected chi connectivity index (χ0v) is 7.42. The van der Waals surface area contributed by atoms with E-state index in [0.29, 0.717) is 6.54 Å². The summed E-state index contributed by atoms with van der Waals surface area (Å²) in [5.41, 5.74) is 2.36. The molecule has 0 aliphatic heterocycles. The van der Waals surface area contributed by atoms with Gasteiger partial charge in [-0.15, -0.1) is 0 Å². The number of benzene rings is 1. The second-order valence-electron chi connectivity index (χ2n) is 2.90. The van der Waals surface area contributed by atoms with Crippen molar-refractivity contribution in [2.24, 2.45) is 0 Å². The van der Waals surface area contributed by atoms with E-state index in [9.17, 15) is 4.79 Å². The molecule has 0 spiro atoms. The van der Waals surface area contributed by atoms with Crippen LogP contribution in [0.4, 0.5) is 0 Å². The highest BCUT2D eigenvalue weighted by Gasteiger charge is 1.93. The van der Waals surface area contributed by atoms with E-state index in [1.165, 1.54) is 12.5 Å². The number of hydrogen-bond acceptors (Lipinski definition) is 1. The maximum absolute atomic E-state index is 10.6. The number of amides is 1. The Morgan fingerprint density at radius 1 is 1.50 bits per heavy atom. The minimum absolute atomic E-state index is 0.0107. The molecule has 64 valence electrons. The largest absolute Gasteiger partial charge is 0.352 e. The minimum Gasteiger partial charge on any atom is -0.352 e. The highest BCUT2D eigenvalue weighted by atomic mass is 16.1. The van der Waals surface area contributed by atoms with E-state index in [-0.39, 0.29) is 5.91 Å². The number of carbonyl (C=O) groups is 1. The zero-order valence-electron chi connectivity index (χ0n) is 7.42. The van der Waals surface area contributed by atoms with Crippen LogP contribution in [0, 0.1) is 6.92 Å². The van der Waals surface area contributed by atoms with Gasteiger partial charge in [0.25, 0.3) is 0 Å². The van der Waals surface area contributed by atoms with Crippen LogP contribution in [0.3, 0.4) is 0 Å². The van der Waals surface area contributed by atoms with Crippen molar-refractivity contribution in [2.45, 2.75) is 20.4 Å². The average Bonchev–Trinajstić information content (AvgIpc) is 2.01. The molecule has 1 aromatic rings. The zero-order chi connectivity index (χ0) is 8.97. The molecule has 0 fully saturated rings. The normalized spacial score (nSPS) is 9.50. The van der Waals surface area contributed by atoms with Crippen LogP contribution in [0.1, 0.15) is 18.1 Å². The monoisotopic (exact) mass is 163 g/mol. The minimum atomic E-state index is 0.0107. The first-order valence-corrected chi connectivity index (χ1v) is 3.98. The first-order valence-electron chi connectivity index (χ1n) is 3.98. The van der Waals surface area contributed by atoms with Crippen molar-refractivity contribution in [1.29, 1.82) is 0 Å². The van der Waals surface area contributed by atoms with E-state index in [2.05, 4.69) is 11.4 Å². The molecule has 1 N–H and O–H groups in total. The first kappa shape index (κ1) is 8.78. The van der Waals surface area contributed by atoms with E-state index in [1.54, 1.807) is 0 Å². The molecule has 0 aliphatic rings. The predicted octanol–water partition coefficient (Wildman–Crippen LogP) is 1.63. The van der Waals surface area contributed by atoms with E-state index < -0.39 is 0 Å². The van der Waals surface area contributed by atoms with Crippen LogP contribution >= 0.6 is 0 Å². The molecular formula is C10H13NO.